The van der Waals surface area contributed by atoms with Gasteiger partial charge in [-0.25, -0.2) is 4.98 Å². The second-order valence-corrected chi connectivity index (χ2v) is 4.81. The van der Waals surface area contributed by atoms with Gasteiger partial charge in [0.25, 0.3) is 5.91 Å². The van der Waals surface area contributed by atoms with Gasteiger partial charge < -0.3 is 15.5 Å². The van der Waals surface area contributed by atoms with E-state index in [0.29, 0.717) is 5.56 Å². The number of anilines is 2. The van der Waals surface area contributed by atoms with Gasteiger partial charge in [-0.3, -0.25) is 9.78 Å². The first kappa shape index (κ1) is 13.5. The van der Waals surface area contributed by atoms with Crippen molar-refractivity contribution in [3.05, 3.63) is 48.4 Å². The highest BCUT2D eigenvalue weighted by molar-refractivity contribution is 6.05. The van der Waals surface area contributed by atoms with Crippen molar-refractivity contribution in [1.82, 2.24) is 15.3 Å². The fourth-order valence-electron chi connectivity index (χ4n) is 2.31. The summed E-state index contributed by atoms with van der Waals surface area (Å²) in [5, 5.41) is 6.23. The minimum atomic E-state index is -0.174. The number of rotatable bonds is 3. The van der Waals surface area contributed by atoms with Crippen LogP contribution in [0.4, 0.5) is 11.5 Å². The van der Waals surface area contributed by atoms with Crippen LogP contribution in [0.2, 0.25) is 0 Å². The zero-order valence-corrected chi connectivity index (χ0v) is 11.6. The Balaban J connectivity index is 1.80. The molecule has 1 fully saturated rings. The number of carbonyl (C=O) groups is 1. The largest absolute Gasteiger partial charge is 0.352 e. The van der Waals surface area contributed by atoms with Crippen LogP contribution in [0.3, 0.4) is 0 Å². The maximum absolute atomic E-state index is 12.2. The van der Waals surface area contributed by atoms with E-state index in [4.69, 9.17) is 0 Å². The molecule has 0 radical (unpaired) electrons. The van der Waals surface area contributed by atoms with E-state index in [2.05, 4.69) is 25.5 Å². The van der Waals surface area contributed by atoms with Gasteiger partial charge in [0.1, 0.15) is 0 Å². The summed E-state index contributed by atoms with van der Waals surface area (Å²) >= 11 is 0. The highest BCUT2D eigenvalue weighted by atomic mass is 16.1. The summed E-state index contributed by atoms with van der Waals surface area (Å²) in [6.45, 7) is 3.61. The Hall–Kier alpha value is -2.47. The molecule has 0 aliphatic carbocycles. The quantitative estimate of drug-likeness (QED) is 0.884. The molecule has 1 aliphatic rings. The summed E-state index contributed by atoms with van der Waals surface area (Å²) in [6.07, 6.45) is 4.94. The molecule has 0 unspecified atom stereocenters. The standard InChI is InChI=1S/C15H17N5O/c21-15(12-3-1-5-17-11-12)19-13-4-2-6-18-14(13)20-9-7-16-8-10-20/h1-6,11,16H,7-10H2,(H,19,21). The molecule has 6 nitrogen and oxygen atoms in total. The van der Waals surface area contributed by atoms with E-state index in [-0.39, 0.29) is 5.91 Å². The fraction of sp³-hybridized carbons (Fsp3) is 0.267. The first-order chi connectivity index (χ1) is 10.3. The van der Waals surface area contributed by atoms with Gasteiger partial charge in [-0.1, -0.05) is 0 Å². The van der Waals surface area contributed by atoms with Gasteiger partial charge in [0.2, 0.25) is 0 Å². The zero-order chi connectivity index (χ0) is 14.5. The van der Waals surface area contributed by atoms with Crippen LogP contribution < -0.4 is 15.5 Å². The summed E-state index contributed by atoms with van der Waals surface area (Å²) in [4.78, 5) is 22.8. The van der Waals surface area contributed by atoms with Gasteiger partial charge in [0.05, 0.1) is 11.3 Å². The molecule has 2 aromatic rings. The lowest BCUT2D eigenvalue weighted by Crippen LogP contribution is -2.44. The summed E-state index contributed by atoms with van der Waals surface area (Å²) in [6, 6.07) is 7.18. The Kier molecular flexibility index (Phi) is 4.07. The zero-order valence-electron chi connectivity index (χ0n) is 11.6. The molecule has 0 saturated carbocycles. The Bertz CT molecular complexity index is 610. The number of carbonyl (C=O) groups excluding carboxylic acids is 1. The third kappa shape index (κ3) is 3.17. The lowest BCUT2D eigenvalue weighted by atomic mass is 10.2. The molecule has 1 amide bonds. The molecule has 108 valence electrons. The number of nitrogens with one attached hydrogen (secondary N) is 2. The number of hydrogen-bond donors (Lipinski definition) is 2. The Morgan fingerprint density at radius 3 is 2.76 bits per heavy atom. The molecule has 0 spiro atoms. The first-order valence-electron chi connectivity index (χ1n) is 6.96. The molecule has 2 aromatic heterocycles. The maximum Gasteiger partial charge on any atom is 0.257 e. The van der Waals surface area contributed by atoms with Crippen molar-refractivity contribution in [3.8, 4) is 0 Å². The van der Waals surface area contributed by atoms with Crippen molar-refractivity contribution in [2.75, 3.05) is 36.4 Å². The van der Waals surface area contributed by atoms with Crippen LogP contribution in [-0.2, 0) is 0 Å². The third-order valence-electron chi connectivity index (χ3n) is 3.38. The predicted octanol–water partition coefficient (Wildman–Crippen LogP) is 1.14. The predicted molar refractivity (Wildman–Crippen MR) is 81.5 cm³/mol. The van der Waals surface area contributed by atoms with Crippen molar-refractivity contribution in [2.24, 2.45) is 0 Å². The fourth-order valence-corrected chi connectivity index (χ4v) is 2.31. The summed E-state index contributed by atoms with van der Waals surface area (Å²) in [7, 11) is 0. The first-order valence-corrected chi connectivity index (χ1v) is 6.96. The van der Waals surface area contributed by atoms with Gasteiger partial charge in [0.15, 0.2) is 5.82 Å². The number of aromatic nitrogens is 2. The van der Waals surface area contributed by atoms with Crippen molar-refractivity contribution < 1.29 is 4.79 Å². The van der Waals surface area contributed by atoms with Gasteiger partial charge in [-0.2, -0.15) is 0 Å². The molecule has 2 N–H and O–H groups in total. The summed E-state index contributed by atoms with van der Waals surface area (Å²) in [5.74, 6) is 0.642. The van der Waals surface area contributed by atoms with Crippen LogP contribution in [0.1, 0.15) is 10.4 Å². The summed E-state index contributed by atoms with van der Waals surface area (Å²) < 4.78 is 0. The average Bonchev–Trinajstić information content (AvgIpc) is 2.57. The van der Waals surface area contributed by atoms with E-state index in [1.807, 2.05) is 12.1 Å². The molecule has 0 atom stereocenters. The van der Waals surface area contributed by atoms with Crippen molar-refractivity contribution in [1.29, 1.82) is 0 Å². The van der Waals surface area contributed by atoms with E-state index in [1.165, 1.54) is 0 Å². The molecular formula is C15H17N5O. The molecule has 3 rings (SSSR count). The number of hydrogen-bond acceptors (Lipinski definition) is 5. The third-order valence-corrected chi connectivity index (χ3v) is 3.38. The Morgan fingerprint density at radius 2 is 2.00 bits per heavy atom. The minimum absolute atomic E-state index is 0.174. The van der Waals surface area contributed by atoms with Crippen LogP contribution in [0.5, 0.6) is 0 Å². The van der Waals surface area contributed by atoms with Crippen molar-refractivity contribution in [2.45, 2.75) is 0 Å². The minimum Gasteiger partial charge on any atom is -0.352 e. The molecule has 6 heteroatoms. The van der Waals surface area contributed by atoms with Gasteiger partial charge in [-0.05, 0) is 24.3 Å². The Morgan fingerprint density at radius 1 is 1.19 bits per heavy atom. The molecular weight excluding hydrogens is 266 g/mol. The van der Waals surface area contributed by atoms with Crippen LogP contribution in [0.25, 0.3) is 0 Å². The topological polar surface area (TPSA) is 70.2 Å². The lowest BCUT2D eigenvalue weighted by molar-refractivity contribution is 0.102. The molecule has 21 heavy (non-hydrogen) atoms. The molecule has 3 heterocycles. The van der Waals surface area contributed by atoms with E-state index in [1.54, 1.807) is 30.7 Å². The molecule has 1 aliphatic heterocycles. The summed E-state index contributed by atoms with van der Waals surface area (Å²) in [5.41, 5.74) is 1.26. The van der Waals surface area contributed by atoms with Crippen LogP contribution in [-0.4, -0.2) is 42.1 Å². The van der Waals surface area contributed by atoms with E-state index < -0.39 is 0 Å². The van der Waals surface area contributed by atoms with Crippen molar-refractivity contribution >= 4 is 17.4 Å². The molecule has 0 bridgehead atoms. The normalized spacial score (nSPS) is 14.8. The van der Waals surface area contributed by atoms with Crippen molar-refractivity contribution in [3.63, 3.8) is 0 Å². The van der Waals surface area contributed by atoms with Crippen LogP contribution in [0.15, 0.2) is 42.9 Å². The highest BCUT2D eigenvalue weighted by Gasteiger charge is 2.17. The molecule has 1 saturated heterocycles. The number of nitrogens with zero attached hydrogens (tertiary/aromatic N) is 3. The Labute approximate surface area is 123 Å². The lowest BCUT2D eigenvalue weighted by Gasteiger charge is -2.29. The second-order valence-electron chi connectivity index (χ2n) is 4.81. The monoisotopic (exact) mass is 283 g/mol. The smallest absolute Gasteiger partial charge is 0.257 e. The van der Waals surface area contributed by atoms with Gasteiger partial charge in [0, 0.05) is 44.8 Å². The number of amides is 1. The van der Waals surface area contributed by atoms with Crippen LogP contribution in [0, 0.1) is 0 Å². The van der Waals surface area contributed by atoms with Gasteiger partial charge >= 0.3 is 0 Å². The van der Waals surface area contributed by atoms with E-state index in [9.17, 15) is 4.79 Å². The van der Waals surface area contributed by atoms with E-state index in [0.717, 1.165) is 37.7 Å². The van der Waals surface area contributed by atoms with Crippen LogP contribution >= 0.6 is 0 Å². The molecule has 0 aromatic carbocycles. The number of pyridine rings is 2. The van der Waals surface area contributed by atoms with Gasteiger partial charge in [-0.15, -0.1) is 0 Å². The van der Waals surface area contributed by atoms with E-state index >= 15 is 0 Å². The SMILES string of the molecule is O=C(Nc1cccnc1N1CCNCC1)c1cccnc1. The second kappa shape index (κ2) is 6.32. The maximum atomic E-state index is 12.2. The highest BCUT2D eigenvalue weighted by Crippen LogP contribution is 2.23. The average molecular weight is 283 g/mol. The number of piperazine rings is 1.